The average molecular weight is 297 g/mol. The van der Waals surface area contributed by atoms with Gasteiger partial charge in [0, 0.05) is 36.8 Å². The van der Waals surface area contributed by atoms with Crippen molar-refractivity contribution in [3.8, 4) is 0 Å². The van der Waals surface area contributed by atoms with Gasteiger partial charge in [-0.3, -0.25) is 9.78 Å². The summed E-state index contributed by atoms with van der Waals surface area (Å²) in [6.07, 6.45) is 3.77. The molecule has 116 valence electrons. The largest absolute Gasteiger partial charge is 0.349 e. The van der Waals surface area contributed by atoms with Gasteiger partial charge in [-0.25, -0.2) is 0 Å². The van der Waals surface area contributed by atoms with Gasteiger partial charge in [-0.05, 0) is 38.8 Å². The molecule has 22 heavy (non-hydrogen) atoms. The van der Waals surface area contributed by atoms with Crippen molar-refractivity contribution < 1.29 is 4.79 Å². The fourth-order valence-electron chi connectivity index (χ4n) is 3.11. The van der Waals surface area contributed by atoms with Crippen molar-refractivity contribution in [1.82, 2.24) is 15.2 Å². The van der Waals surface area contributed by atoms with Crippen LogP contribution in [-0.4, -0.2) is 41.0 Å². The van der Waals surface area contributed by atoms with Gasteiger partial charge in [0.25, 0.3) is 5.91 Å². The van der Waals surface area contributed by atoms with Crippen LogP contribution in [0.3, 0.4) is 0 Å². The lowest BCUT2D eigenvalue weighted by Crippen LogP contribution is -2.46. The molecule has 1 fully saturated rings. The Labute approximate surface area is 131 Å². The van der Waals surface area contributed by atoms with Gasteiger partial charge < -0.3 is 10.2 Å². The number of aromatic nitrogens is 1. The molecule has 4 nitrogen and oxygen atoms in total. The summed E-state index contributed by atoms with van der Waals surface area (Å²) >= 11 is 0. The smallest absolute Gasteiger partial charge is 0.253 e. The van der Waals surface area contributed by atoms with E-state index in [9.17, 15) is 4.79 Å². The van der Waals surface area contributed by atoms with E-state index < -0.39 is 0 Å². The van der Waals surface area contributed by atoms with E-state index in [1.54, 1.807) is 6.20 Å². The Kier molecular flexibility index (Phi) is 4.39. The fourth-order valence-corrected chi connectivity index (χ4v) is 3.11. The number of fused-ring (bicyclic) bond motifs is 1. The van der Waals surface area contributed by atoms with Gasteiger partial charge in [0.05, 0.1) is 11.1 Å². The molecular weight excluding hydrogens is 274 g/mol. The predicted molar refractivity (Wildman–Crippen MR) is 88.9 cm³/mol. The van der Waals surface area contributed by atoms with E-state index in [2.05, 4.69) is 29.0 Å². The predicted octanol–water partition coefficient (Wildman–Crippen LogP) is 2.84. The van der Waals surface area contributed by atoms with Gasteiger partial charge in [-0.15, -0.1) is 0 Å². The van der Waals surface area contributed by atoms with Crippen LogP contribution >= 0.6 is 0 Å². The standard InChI is InChI=1S/C18H23N3O/c1-13(2)21-11-8-15(9-12-21)20-18(22)16-7-3-5-14-6-4-10-19-17(14)16/h3-7,10,13,15H,8-9,11-12H2,1-2H3,(H,20,22). The van der Waals surface area contributed by atoms with Crippen LogP contribution in [0.1, 0.15) is 37.0 Å². The maximum Gasteiger partial charge on any atom is 0.253 e. The second kappa shape index (κ2) is 6.44. The molecule has 1 aliphatic rings. The number of para-hydroxylation sites is 1. The fraction of sp³-hybridized carbons (Fsp3) is 0.444. The molecule has 0 radical (unpaired) electrons. The van der Waals surface area contributed by atoms with Crippen LogP contribution in [0.5, 0.6) is 0 Å². The number of nitrogens with zero attached hydrogens (tertiary/aromatic N) is 2. The molecule has 3 rings (SSSR count). The molecule has 4 heteroatoms. The molecule has 1 saturated heterocycles. The van der Waals surface area contributed by atoms with Crippen LogP contribution in [0.25, 0.3) is 10.9 Å². The molecule has 0 aliphatic carbocycles. The van der Waals surface area contributed by atoms with Gasteiger partial charge in [0.15, 0.2) is 0 Å². The quantitative estimate of drug-likeness (QED) is 0.947. The highest BCUT2D eigenvalue weighted by Gasteiger charge is 2.23. The highest BCUT2D eigenvalue weighted by Crippen LogP contribution is 2.18. The maximum atomic E-state index is 12.6. The molecular formula is C18H23N3O. The van der Waals surface area contributed by atoms with E-state index in [4.69, 9.17) is 0 Å². The molecule has 0 atom stereocenters. The molecule has 1 aromatic carbocycles. The number of pyridine rings is 1. The van der Waals surface area contributed by atoms with Crippen molar-refractivity contribution in [1.29, 1.82) is 0 Å². The van der Waals surface area contributed by atoms with Crippen LogP contribution < -0.4 is 5.32 Å². The normalized spacial score (nSPS) is 17.0. The van der Waals surface area contributed by atoms with Crippen LogP contribution in [0.15, 0.2) is 36.5 Å². The first-order valence-corrected chi connectivity index (χ1v) is 8.04. The van der Waals surface area contributed by atoms with E-state index in [-0.39, 0.29) is 11.9 Å². The molecule has 1 aliphatic heterocycles. The zero-order valence-electron chi connectivity index (χ0n) is 13.2. The summed E-state index contributed by atoms with van der Waals surface area (Å²) < 4.78 is 0. The van der Waals surface area contributed by atoms with Crippen molar-refractivity contribution in [3.63, 3.8) is 0 Å². The van der Waals surface area contributed by atoms with Crippen LogP contribution in [0.4, 0.5) is 0 Å². The van der Waals surface area contributed by atoms with Crippen LogP contribution in [0, 0.1) is 0 Å². The third-order valence-corrected chi connectivity index (χ3v) is 4.47. The van der Waals surface area contributed by atoms with E-state index in [1.165, 1.54) is 0 Å². The van der Waals surface area contributed by atoms with E-state index in [0.717, 1.165) is 36.8 Å². The SMILES string of the molecule is CC(C)N1CCC(NC(=O)c2cccc3cccnc23)CC1. The Balaban J connectivity index is 1.70. The third kappa shape index (κ3) is 3.12. The highest BCUT2D eigenvalue weighted by molar-refractivity contribution is 6.05. The number of hydrogen-bond donors (Lipinski definition) is 1. The summed E-state index contributed by atoms with van der Waals surface area (Å²) in [7, 11) is 0. The molecule has 2 aromatic rings. The maximum absolute atomic E-state index is 12.6. The Hall–Kier alpha value is -1.94. The molecule has 1 amide bonds. The van der Waals surface area contributed by atoms with E-state index in [0.29, 0.717) is 11.6 Å². The molecule has 0 unspecified atom stereocenters. The molecule has 0 bridgehead atoms. The van der Waals surface area contributed by atoms with E-state index in [1.807, 2.05) is 30.3 Å². The van der Waals surface area contributed by atoms with E-state index >= 15 is 0 Å². The number of carbonyl (C=O) groups excluding carboxylic acids is 1. The number of likely N-dealkylation sites (tertiary alicyclic amines) is 1. The Morgan fingerprint density at radius 1 is 1.23 bits per heavy atom. The first-order valence-electron chi connectivity index (χ1n) is 8.04. The number of piperidine rings is 1. The van der Waals surface area contributed by atoms with Crippen molar-refractivity contribution >= 4 is 16.8 Å². The monoisotopic (exact) mass is 297 g/mol. The zero-order chi connectivity index (χ0) is 15.5. The topological polar surface area (TPSA) is 45.2 Å². The van der Waals surface area contributed by atoms with Gasteiger partial charge in [-0.1, -0.05) is 18.2 Å². The second-order valence-electron chi connectivity index (χ2n) is 6.26. The number of amides is 1. The lowest BCUT2D eigenvalue weighted by molar-refractivity contribution is 0.0902. The first-order chi connectivity index (χ1) is 10.6. The Morgan fingerprint density at radius 3 is 2.68 bits per heavy atom. The number of hydrogen-bond acceptors (Lipinski definition) is 3. The Morgan fingerprint density at radius 2 is 1.95 bits per heavy atom. The lowest BCUT2D eigenvalue weighted by atomic mass is 10.0. The summed E-state index contributed by atoms with van der Waals surface area (Å²) in [6, 6.07) is 10.5. The van der Waals surface area contributed by atoms with Crippen molar-refractivity contribution in [2.24, 2.45) is 0 Å². The summed E-state index contributed by atoms with van der Waals surface area (Å²) in [5.74, 6) is -0.00713. The van der Waals surface area contributed by atoms with Gasteiger partial charge >= 0.3 is 0 Å². The first kappa shape index (κ1) is 15.0. The summed E-state index contributed by atoms with van der Waals surface area (Å²) in [4.78, 5) is 19.4. The highest BCUT2D eigenvalue weighted by atomic mass is 16.1. The average Bonchev–Trinajstić information content (AvgIpc) is 2.54. The third-order valence-electron chi connectivity index (χ3n) is 4.47. The summed E-state index contributed by atoms with van der Waals surface area (Å²) in [5.41, 5.74) is 1.45. The molecule has 0 saturated carbocycles. The number of rotatable bonds is 3. The zero-order valence-corrected chi connectivity index (χ0v) is 13.2. The van der Waals surface area contributed by atoms with Gasteiger partial charge in [-0.2, -0.15) is 0 Å². The Bertz CT molecular complexity index is 655. The molecule has 1 N–H and O–H groups in total. The molecule has 1 aromatic heterocycles. The van der Waals surface area contributed by atoms with Crippen LogP contribution in [0.2, 0.25) is 0 Å². The number of nitrogens with one attached hydrogen (secondary N) is 1. The van der Waals surface area contributed by atoms with Crippen molar-refractivity contribution in [3.05, 3.63) is 42.1 Å². The minimum atomic E-state index is -0.00713. The van der Waals surface area contributed by atoms with Crippen molar-refractivity contribution in [2.45, 2.75) is 38.8 Å². The summed E-state index contributed by atoms with van der Waals surface area (Å²) in [6.45, 7) is 6.55. The minimum absolute atomic E-state index is 0.00713. The number of benzene rings is 1. The molecule has 0 spiro atoms. The van der Waals surface area contributed by atoms with Crippen molar-refractivity contribution in [2.75, 3.05) is 13.1 Å². The van der Waals surface area contributed by atoms with Gasteiger partial charge in [0.1, 0.15) is 0 Å². The lowest BCUT2D eigenvalue weighted by Gasteiger charge is -2.34. The van der Waals surface area contributed by atoms with Gasteiger partial charge in [0.2, 0.25) is 0 Å². The number of carbonyl (C=O) groups is 1. The second-order valence-corrected chi connectivity index (χ2v) is 6.26. The molecule has 2 heterocycles. The van der Waals surface area contributed by atoms with Crippen LogP contribution in [-0.2, 0) is 0 Å². The minimum Gasteiger partial charge on any atom is -0.349 e. The summed E-state index contributed by atoms with van der Waals surface area (Å²) in [5, 5.41) is 4.19.